The second-order valence-corrected chi connectivity index (χ2v) is 54.4. The third kappa shape index (κ3) is 22.1. The first-order valence-corrected chi connectivity index (χ1v) is 57.2. The Bertz CT molecular complexity index is 2670. The van der Waals surface area contributed by atoms with Gasteiger partial charge in [-0.15, -0.1) is 0 Å². The van der Waals surface area contributed by atoms with E-state index < -0.39 is 0 Å². The topological polar surface area (TPSA) is 31.4 Å². The normalized spacial score (nSPS) is 45.1. The third-order valence-electron chi connectivity index (χ3n) is 41.8. The predicted molar refractivity (Wildman–Crippen MR) is 517 cm³/mol. The van der Waals surface area contributed by atoms with Crippen LogP contribution < -0.4 is 0 Å². The highest BCUT2D eigenvalue weighted by atomic mass is 79.9. The molecular formula is C112H196Br2N4O2. The standard InChI is InChI=1S/C112H196Br2N4O2/c1-15-17-71-119-97-63-59-95(60-64-97)117(93-55-43-87(113)44-56-93)105-73-103(115(89-47-27-79(28-48-89)75-19-35-83(36-20-75)109(3,4)5)90-49-29-80(30-50-90)76-21-37-84(38-22-76)110(6,7)8)99-68-70-102-106(118(94-57-45-88(114)46-58-94)96-61-65-98(66-62-96)120-72-18-16-2)74-104(100-67-69-101(105)107(99)108(100)102)116(91-51-31-81(32-52-91)77-23-39-85(40-24-77)111(9,10)11)92-53-33-82(34-54-92)78-25-41-86(42-26-78)112(12,13)14/h75-108H,15-74H2,1-14H3. The highest BCUT2D eigenvalue weighted by Gasteiger charge is 2.65. The van der Waals surface area contributed by atoms with Crippen LogP contribution in [0.15, 0.2) is 0 Å². The zero-order chi connectivity index (χ0) is 83.8. The van der Waals surface area contributed by atoms with Gasteiger partial charge in [-0.25, -0.2) is 0 Å². The lowest BCUT2D eigenvalue weighted by molar-refractivity contribution is -0.197. The second kappa shape index (κ2) is 41.9. The van der Waals surface area contributed by atoms with Crippen LogP contribution in [0.4, 0.5) is 0 Å². The molecule has 0 spiro atoms. The molecule has 0 heterocycles. The fourth-order valence-electron chi connectivity index (χ4n) is 34.8. The number of ether oxygens (including phenoxy) is 2. The molecule has 690 valence electrons. The maximum Gasteiger partial charge on any atom is 0.0576 e. The minimum Gasteiger partial charge on any atom is -0.378 e. The van der Waals surface area contributed by atoms with Gasteiger partial charge in [0, 0.05) is 95.4 Å². The Balaban J connectivity index is 0.799. The van der Waals surface area contributed by atoms with Gasteiger partial charge in [0.1, 0.15) is 0 Å². The summed E-state index contributed by atoms with van der Waals surface area (Å²) in [7, 11) is 0. The third-order valence-corrected chi connectivity index (χ3v) is 43.6. The summed E-state index contributed by atoms with van der Waals surface area (Å²) in [6, 6.07) is 8.90. The Morgan fingerprint density at radius 1 is 0.225 bits per heavy atom. The molecule has 0 aromatic rings. The average molecular weight is 1790 g/mol. The van der Waals surface area contributed by atoms with Crippen LogP contribution in [0.1, 0.15) is 469 Å². The summed E-state index contributed by atoms with van der Waals surface area (Å²) in [4.78, 5) is 16.1. The summed E-state index contributed by atoms with van der Waals surface area (Å²) in [6.45, 7) is 37.5. The van der Waals surface area contributed by atoms with Crippen molar-refractivity contribution in [2.45, 2.75) is 564 Å². The Kier molecular flexibility index (Phi) is 32.8. The summed E-state index contributed by atoms with van der Waals surface area (Å²) in [5.74, 6) is 16.5. The molecular weight excluding hydrogens is 1590 g/mol. The predicted octanol–water partition coefficient (Wildman–Crippen LogP) is 31.1. The number of halogens is 2. The first-order valence-electron chi connectivity index (χ1n) is 55.3. The molecule has 10 atom stereocenters. The molecule has 0 bridgehead atoms. The smallest absolute Gasteiger partial charge is 0.0576 e. The Labute approximate surface area is 760 Å². The minimum atomic E-state index is 0.454. The second-order valence-electron chi connectivity index (χ2n) is 51.8. The highest BCUT2D eigenvalue weighted by Crippen LogP contribution is 2.66. The molecule has 0 N–H and O–H groups in total. The molecule has 10 unspecified atom stereocenters. The van der Waals surface area contributed by atoms with E-state index in [-0.39, 0.29) is 0 Å². The molecule has 0 aromatic carbocycles. The maximum atomic E-state index is 6.95. The van der Waals surface area contributed by atoms with E-state index in [0.29, 0.717) is 67.7 Å². The first-order chi connectivity index (χ1) is 57.7. The molecule has 120 heavy (non-hydrogen) atoms. The zero-order valence-electron chi connectivity index (χ0n) is 81.4. The van der Waals surface area contributed by atoms with Gasteiger partial charge in [-0.05, 0) is 488 Å². The highest BCUT2D eigenvalue weighted by molar-refractivity contribution is 9.09. The quantitative estimate of drug-likeness (QED) is 0.0707. The minimum absolute atomic E-state index is 0.454. The lowest BCUT2D eigenvalue weighted by atomic mass is 9.44. The molecule has 16 saturated carbocycles. The summed E-state index contributed by atoms with van der Waals surface area (Å²) in [5.41, 5.74) is 1.82. The monoisotopic (exact) mass is 1790 g/mol. The molecule has 16 aliphatic rings. The van der Waals surface area contributed by atoms with Crippen LogP contribution in [-0.4, -0.2) is 127 Å². The van der Waals surface area contributed by atoms with Crippen LogP contribution in [0.25, 0.3) is 0 Å². The van der Waals surface area contributed by atoms with Gasteiger partial charge in [0.2, 0.25) is 0 Å². The number of alkyl halides is 2. The van der Waals surface area contributed by atoms with Crippen molar-refractivity contribution in [1.82, 2.24) is 19.6 Å². The van der Waals surface area contributed by atoms with Gasteiger partial charge < -0.3 is 9.47 Å². The van der Waals surface area contributed by atoms with Crippen LogP contribution in [-0.2, 0) is 9.47 Å². The van der Waals surface area contributed by atoms with Crippen molar-refractivity contribution in [3.63, 3.8) is 0 Å². The number of rotatable bonds is 24. The molecule has 8 heteroatoms. The van der Waals surface area contributed by atoms with Crippen LogP contribution in [0.2, 0.25) is 0 Å². The van der Waals surface area contributed by atoms with E-state index in [1.807, 2.05) is 0 Å². The molecule has 0 radical (unpaired) electrons. The first kappa shape index (κ1) is 93.9. The largest absolute Gasteiger partial charge is 0.378 e. The van der Waals surface area contributed by atoms with Crippen molar-refractivity contribution in [2.24, 2.45) is 128 Å². The van der Waals surface area contributed by atoms with Crippen molar-refractivity contribution in [3.05, 3.63) is 0 Å². The van der Waals surface area contributed by atoms with E-state index in [1.54, 1.807) is 25.7 Å². The summed E-state index contributed by atoms with van der Waals surface area (Å²) in [5, 5.41) is 0. The van der Waals surface area contributed by atoms with E-state index >= 15 is 0 Å². The van der Waals surface area contributed by atoms with Gasteiger partial charge in [0.15, 0.2) is 0 Å². The lowest BCUT2D eigenvalue weighted by Crippen LogP contribution is -2.72. The fourth-order valence-corrected chi connectivity index (χ4v) is 35.9. The average Bonchev–Trinajstić information content (AvgIpc) is 0.698. The zero-order valence-corrected chi connectivity index (χ0v) is 84.6. The van der Waals surface area contributed by atoms with Crippen LogP contribution in [0.3, 0.4) is 0 Å². The molecule has 16 fully saturated rings. The SMILES string of the molecule is CCCCOC1CCC(N(C2CCC(Br)CC2)C2CC(N(C3CCC(C4CCC(C(C)(C)C)CC4)CC3)C3CCC(C4CCC(C(C)(C)C)CC4)CC3)C3CCC4C5C(CCC2C35)C(N(C2CCC(C3CCC(C(C)(C)C)CC3)CC2)C2CCC(C3CCC(C(C)(C)C)CC3)CC2)CC4N(C2CCC(Br)CC2)C2CCC(OCCCC)CC2)CC1. The number of nitrogens with zero attached hydrogens (tertiary/aromatic N) is 4. The number of unbranched alkanes of at least 4 members (excludes halogenated alkanes) is 2. The Hall–Kier alpha value is 0.720. The van der Waals surface area contributed by atoms with E-state index in [9.17, 15) is 0 Å². The Morgan fingerprint density at radius 3 is 0.583 bits per heavy atom. The maximum absolute atomic E-state index is 6.95. The molecule has 16 aliphatic carbocycles. The summed E-state index contributed by atoms with van der Waals surface area (Å²) >= 11 is 8.75. The molecule has 0 aromatic heterocycles. The van der Waals surface area contributed by atoms with E-state index in [1.165, 1.54) is 347 Å². The van der Waals surface area contributed by atoms with E-state index in [0.717, 1.165) is 168 Å². The summed E-state index contributed by atoms with van der Waals surface area (Å²) < 4.78 is 13.9. The van der Waals surface area contributed by atoms with Crippen molar-refractivity contribution >= 4 is 31.9 Å². The van der Waals surface area contributed by atoms with E-state index in [4.69, 9.17) is 9.47 Å². The molecule has 0 aliphatic heterocycles. The van der Waals surface area contributed by atoms with Gasteiger partial charge in [-0.2, -0.15) is 0 Å². The number of hydrogen-bond donors (Lipinski definition) is 0. The molecule has 16 rings (SSSR count). The van der Waals surface area contributed by atoms with Gasteiger partial charge in [-0.1, -0.05) is 142 Å². The van der Waals surface area contributed by atoms with Crippen molar-refractivity contribution in [2.75, 3.05) is 13.2 Å². The van der Waals surface area contributed by atoms with Crippen molar-refractivity contribution in [3.8, 4) is 0 Å². The molecule has 0 amide bonds. The molecule has 6 nitrogen and oxygen atoms in total. The summed E-state index contributed by atoms with van der Waals surface area (Å²) in [6.07, 6.45) is 85.4. The van der Waals surface area contributed by atoms with Gasteiger partial charge in [0.05, 0.1) is 12.2 Å². The van der Waals surface area contributed by atoms with Crippen molar-refractivity contribution in [1.29, 1.82) is 0 Å². The fraction of sp³-hybridized carbons (Fsp3) is 1.00. The van der Waals surface area contributed by atoms with Crippen LogP contribution in [0.5, 0.6) is 0 Å². The number of hydrogen-bond acceptors (Lipinski definition) is 6. The van der Waals surface area contributed by atoms with Gasteiger partial charge in [0.25, 0.3) is 0 Å². The van der Waals surface area contributed by atoms with Gasteiger partial charge >= 0.3 is 0 Å². The van der Waals surface area contributed by atoms with Crippen molar-refractivity contribution < 1.29 is 9.47 Å². The molecule has 0 saturated heterocycles. The lowest BCUT2D eigenvalue weighted by Gasteiger charge is -2.69. The van der Waals surface area contributed by atoms with Crippen LogP contribution in [0, 0.1) is 128 Å². The van der Waals surface area contributed by atoms with Crippen LogP contribution >= 0.6 is 31.9 Å². The Morgan fingerprint density at radius 2 is 0.400 bits per heavy atom. The van der Waals surface area contributed by atoms with Gasteiger partial charge in [-0.3, -0.25) is 19.6 Å². The van der Waals surface area contributed by atoms with E-state index in [2.05, 4.69) is 148 Å².